The number of carbonyl (C=O) groups excluding carboxylic acids is 1. The normalized spacial score (nSPS) is 22.5. The molecule has 1 N–H and O–H groups in total. The highest BCUT2D eigenvalue weighted by Crippen LogP contribution is 2.42. The molecule has 3 aliphatic rings. The van der Waals surface area contributed by atoms with Gasteiger partial charge in [-0.05, 0) is 57.2 Å². The van der Waals surface area contributed by atoms with Crippen LogP contribution in [0.2, 0.25) is 0 Å². The average Bonchev–Trinajstić information content (AvgIpc) is 3.51. The molecule has 166 valence electrons. The molecular formula is C24H33N5OS. The van der Waals surface area contributed by atoms with E-state index in [0.29, 0.717) is 5.13 Å². The monoisotopic (exact) mass is 439 g/mol. The molecule has 0 atom stereocenters. The molecule has 3 fully saturated rings. The number of benzene rings is 1. The quantitative estimate of drug-likeness (QED) is 0.746. The van der Waals surface area contributed by atoms with Crippen LogP contribution in [0.15, 0.2) is 30.3 Å². The van der Waals surface area contributed by atoms with Crippen LogP contribution in [0.4, 0.5) is 10.3 Å². The number of aromatic nitrogens is 2. The highest BCUT2D eigenvalue weighted by molar-refractivity contribution is 7.19. The Balaban J connectivity index is 1.21. The zero-order chi connectivity index (χ0) is 21.1. The standard InChI is InChI=1S/C24H33N5OS/c30-21(24(13-5-6-14-24)19-9-3-1-4-10-19)25-22-26-27-23(31-22)29-17-11-20(12-18-29)28-15-7-2-8-16-28/h1,3-4,9-10,20H,2,5-8,11-18H2,(H,25,26,30). The van der Waals surface area contributed by atoms with Gasteiger partial charge >= 0.3 is 0 Å². The minimum atomic E-state index is -0.431. The molecule has 0 unspecified atom stereocenters. The lowest BCUT2D eigenvalue weighted by molar-refractivity contribution is -0.121. The smallest absolute Gasteiger partial charge is 0.236 e. The number of rotatable bonds is 5. The molecule has 0 spiro atoms. The lowest BCUT2D eigenvalue weighted by Gasteiger charge is -2.40. The Bertz CT molecular complexity index is 865. The molecule has 1 amide bonds. The van der Waals surface area contributed by atoms with Crippen LogP contribution in [0.3, 0.4) is 0 Å². The summed E-state index contributed by atoms with van der Waals surface area (Å²) in [5.74, 6) is 0.0720. The molecule has 6 nitrogen and oxygen atoms in total. The lowest BCUT2D eigenvalue weighted by Crippen LogP contribution is -2.46. The Kier molecular flexibility index (Phi) is 6.23. The number of likely N-dealkylation sites (tertiary alicyclic amines) is 1. The zero-order valence-corrected chi connectivity index (χ0v) is 19.1. The molecule has 2 saturated heterocycles. The molecule has 1 aliphatic carbocycles. The second-order valence-corrected chi connectivity index (χ2v) is 10.3. The molecule has 2 aliphatic heterocycles. The van der Waals surface area contributed by atoms with Gasteiger partial charge in [0, 0.05) is 19.1 Å². The van der Waals surface area contributed by atoms with Crippen LogP contribution in [0, 0.1) is 0 Å². The molecule has 7 heteroatoms. The first-order valence-electron chi connectivity index (χ1n) is 11.9. The van der Waals surface area contributed by atoms with Crippen molar-refractivity contribution in [2.75, 3.05) is 36.4 Å². The van der Waals surface area contributed by atoms with Gasteiger partial charge in [0.15, 0.2) is 0 Å². The topological polar surface area (TPSA) is 61.4 Å². The van der Waals surface area contributed by atoms with Crippen LogP contribution >= 0.6 is 11.3 Å². The van der Waals surface area contributed by atoms with Crippen LogP contribution in [0.1, 0.15) is 63.4 Å². The number of nitrogens with zero attached hydrogens (tertiary/aromatic N) is 4. The number of carbonyl (C=O) groups is 1. The summed E-state index contributed by atoms with van der Waals surface area (Å²) < 4.78 is 0. The molecule has 31 heavy (non-hydrogen) atoms. The summed E-state index contributed by atoms with van der Waals surface area (Å²) in [6, 6.07) is 11.0. The van der Waals surface area contributed by atoms with E-state index >= 15 is 0 Å². The van der Waals surface area contributed by atoms with E-state index in [1.807, 2.05) is 18.2 Å². The Hall–Kier alpha value is -1.99. The summed E-state index contributed by atoms with van der Waals surface area (Å²) in [6.45, 7) is 4.58. The predicted molar refractivity (Wildman–Crippen MR) is 126 cm³/mol. The third kappa shape index (κ3) is 4.35. The van der Waals surface area contributed by atoms with Crippen molar-refractivity contribution < 1.29 is 4.79 Å². The van der Waals surface area contributed by atoms with Gasteiger partial charge in [-0.15, -0.1) is 10.2 Å². The summed E-state index contributed by atoms with van der Waals surface area (Å²) in [7, 11) is 0. The number of piperidine rings is 2. The van der Waals surface area contributed by atoms with E-state index in [1.165, 1.54) is 56.5 Å². The van der Waals surface area contributed by atoms with Gasteiger partial charge in [0.1, 0.15) is 0 Å². The van der Waals surface area contributed by atoms with E-state index < -0.39 is 5.41 Å². The minimum absolute atomic E-state index is 0.0720. The number of hydrogen-bond acceptors (Lipinski definition) is 6. The molecule has 0 bridgehead atoms. The van der Waals surface area contributed by atoms with Gasteiger partial charge in [-0.2, -0.15) is 0 Å². The fourth-order valence-electron chi connectivity index (χ4n) is 5.70. The van der Waals surface area contributed by atoms with Gasteiger partial charge in [0.05, 0.1) is 5.41 Å². The maximum Gasteiger partial charge on any atom is 0.236 e. The first-order chi connectivity index (χ1) is 15.2. The third-order valence-electron chi connectivity index (χ3n) is 7.49. The second kappa shape index (κ2) is 9.25. The van der Waals surface area contributed by atoms with E-state index in [-0.39, 0.29) is 5.91 Å². The van der Waals surface area contributed by atoms with Crippen molar-refractivity contribution >= 4 is 27.5 Å². The highest BCUT2D eigenvalue weighted by atomic mass is 32.1. The number of amides is 1. The summed E-state index contributed by atoms with van der Waals surface area (Å²) in [5.41, 5.74) is 0.689. The summed E-state index contributed by atoms with van der Waals surface area (Å²) in [6.07, 6.45) is 10.5. The molecular weight excluding hydrogens is 406 g/mol. The number of anilines is 2. The van der Waals surface area contributed by atoms with Crippen molar-refractivity contribution in [2.45, 2.75) is 69.2 Å². The van der Waals surface area contributed by atoms with E-state index in [9.17, 15) is 4.79 Å². The highest BCUT2D eigenvalue weighted by Gasteiger charge is 2.43. The van der Waals surface area contributed by atoms with Gasteiger partial charge < -0.3 is 9.80 Å². The Morgan fingerprint density at radius 2 is 1.65 bits per heavy atom. The summed E-state index contributed by atoms with van der Waals surface area (Å²) in [4.78, 5) is 18.4. The first-order valence-corrected chi connectivity index (χ1v) is 12.8. The van der Waals surface area contributed by atoms with Crippen LogP contribution in [0.5, 0.6) is 0 Å². The Morgan fingerprint density at radius 1 is 0.935 bits per heavy atom. The largest absolute Gasteiger partial charge is 0.346 e. The maximum absolute atomic E-state index is 13.3. The molecule has 5 rings (SSSR count). The maximum atomic E-state index is 13.3. The van der Waals surface area contributed by atoms with Crippen molar-refractivity contribution in [3.8, 4) is 0 Å². The molecule has 1 aromatic carbocycles. The lowest BCUT2D eigenvalue weighted by atomic mass is 9.78. The van der Waals surface area contributed by atoms with Gasteiger partial charge in [0.25, 0.3) is 0 Å². The van der Waals surface area contributed by atoms with E-state index in [0.717, 1.165) is 55.5 Å². The number of nitrogens with one attached hydrogen (secondary N) is 1. The van der Waals surface area contributed by atoms with Crippen LogP contribution in [-0.4, -0.2) is 53.2 Å². The molecule has 1 aromatic heterocycles. The van der Waals surface area contributed by atoms with E-state index in [4.69, 9.17) is 0 Å². The van der Waals surface area contributed by atoms with Gasteiger partial charge in [-0.25, -0.2) is 0 Å². The fraction of sp³-hybridized carbons (Fsp3) is 0.625. The summed E-state index contributed by atoms with van der Waals surface area (Å²) in [5, 5.41) is 13.4. The van der Waals surface area contributed by atoms with Gasteiger partial charge in [0.2, 0.25) is 16.2 Å². The van der Waals surface area contributed by atoms with Crippen molar-refractivity contribution in [1.82, 2.24) is 15.1 Å². The number of hydrogen-bond donors (Lipinski definition) is 1. The minimum Gasteiger partial charge on any atom is -0.346 e. The van der Waals surface area contributed by atoms with Crippen LogP contribution < -0.4 is 10.2 Å². The molecule has 3 heterocycles. The Labute approximate surface area is 189 Å². The molecule has 0 radical (unpaired) electrons. The fourth-order valence-corrected chi connectivity index (χ4v) is 6.49. The van der Waals surface area contributed by atoms with Gasteiger partial charge in [-0.3, -0.25) is 10.1 Å². The van der Waals surface area contributed by atoms with Crippen molar-refractivity contribution in [3.05, 3.63) is 35.9 Å². The molecule has 2 aromatic rings. The third-order valence-corrected chi connectivity index (χ3v) is 8.39. The second-order valence-electron chi connectivity index (χ2n) is 9.31. The SMILES string of the molecule is O=C(Nc1nnc(N2CCC(N3CCCCC3)CC2)s1)C1(c2ccccc2)CCCC1. The zero-order valence-electron chi connectivity index (χ0n) is 18.3. The van der Waals surface area contributed by atoms with Crippen molar-refractivity contribution in [2.24, 2.45) is 0 Å². The predicted octanol–water partition coefficient (Wildman–Crippen LogP) is 4.44. The van der Waals surface area contributed by atoms with Crippen LogP contribution in [0.25, 0.3) is 0 Å². The van der Waals surface area contributed by atoms with E-state index in [1.54, 1.807) is 0 Å². The van der Waals surface area contributed by atoms with Crippen LogP contribution in [-0.2, 0) is 10.2 Å². The first kappa shape index (κ1) is 20.9. The van der Waals surface area contributed by atoms with Gasteiger partial charge in [-0.1, -0.05) is 60.9 Å². The average molecular weight is 440 g/mol. The summed E-state index contributed by atoms with van der Waals surface area (Å²) >= 11 is 1.52. The van der Waals surface area contributed by atoms with Crippen molar-refractivity contribution in [1.29, 1.82) is 0 Å². The van der Waals surface area contributed by atoms with Crippen molar-refractivity contribution in [3.63, 3.8) is 0 Å². The molecule has 1 saturated carbocycles. The van der Waals surface area contributed by atoms with E-state index in [2.05, 4.69) is 37.4 Å². The Morgan fingerprint density at radius 3 is 2.35 bits per heavy atom.